The van der Waals surface area contributed by atoms with Crippen molar-refractivity contribution in [1.82, 2.24) is 0 Å². The molecule has 0 aromatic heterocycles. The number of benzene rings is 1. The molecule has 1 fully saturated rings. The van der Waals surface area contributed by atoms with E-state index in [0.29, 0.717) is 5.02 Å². The number of methoxy groups -OCH3 is 1. The molecule has 2 unspecified atom stereocenters. The Labute approximate surface area is 113 Å². The van der Waals surface area contributed by atoms with Crippen LogP contribution in [0.2, 0.25) is 5.02 Å². The van der Waals surface area contributed by atoms with Crippen LogP contribution >= 0.6 is 11.6 Å². The van der Waals surface area contributed by atoms with Gasteiger partial charge in [0.05, 0.1) is 29.0 Å². The lowest BCUT2D eigenvalue weighted by Crippen LogP contribution is -2.48. The maximum Gasteiger partial charge on any atom is 0.0662 e. The summed E-state index contributed by atoms with van der Waals surface area (Å²) in [6.07, 6.45) is 4.07. The first-order chi connectivity index (χ1) is 8.69. The van der Waals surface area contributed by atoms with E-state index >= 15 is 0 Å². The van der Waals surface area contributed by atoms with Gasteiger partial charge >= 0.3 is 0 Å². The van der Waals surface area contributed by atoms with Gasteiger partial charge in [0.25, 0.3) is 0 Å². The van der Waals surface area contributed by atoms with Crippen molar-refractivity contribution in [2.24, 2.45) is 0 Å². The van der Waals surface area contributed by atoms with Crippen LogP contribution in [0.1, 0.15) is 25.7 Å². The van der Waals surface area contributed by atoms with Crippen molar-refractivity contribution in [3.63, 3.8) is 0 Å². The van der Waals surface area contributed by atoms with Gasteiger partial charge in [-0.2, -0.15) is 0 Å². The summed E-state index contributed by atoms with van der Waals surface area (Å²) in [5.74, 6) is 0. The summed E-state index contributed by atoms with van der Waals surface area (Å²) in [7, 11) is 1.73. The maximum atomic E-state index is 9.75. The Morgan fingerprint density at radius 2 is 2.28 bits per heavy atom. The third kappa shape index (κ3) is 2.97. The molecule has 1 aliphatic carbocycles. The van der Waals surface area contributed by atoms with Gasteiger partial charge in [0, 0.05) is 7.11 Å². The van der Waals surface area contributed by atoms with E-state index in [4.69, 9.17) is 16.3 Å². The van der Waals surface area contributed by atoms with Crippen LogP contribution in [0, 0.1) is 0 Å². The van der Waals surface area contributed by atoms with Gasteiger partial charge in [-0.15, -0.1) is 0 Å². The van der Waals surface area contributed by atoms with Gasteiger partial charge in [0.15, 0.2) is 0 Å². The summed E-state index contributed by atoms with van der Waals surface area (Å²) in [4.78, 5) is 0. The number of nitrogens with one attached hydrogen (secondary N) is 1. The fourth-order valence-electron chi connectivity index (χ4n) is 2.65. The first-order valence-corrected chi connectivity index (χ1v) is 6.73. The summed E-state index contributed by atoms with van der Waals surface area (Å²) in [5.41, 5.74) is 0.564. The molecule has 1 aliphatic rings. The molecule has 0 heterocycles. The number of rotatable bonds is 4. The van der Waals surface area contributed by atoms with Gasteiger partial charge in [-0.05, 0) is 37.8 Å². The Bertz CT molecular complexity index is 399. The quantitative estimate of drug-likeness (QED) is 0.883. The van der Waals surface area contributed by atoms with Crippen LogP contribution in [-0.2, 0) is 4.74 Å². The lowest BCUT2D eigenvalue weighted by atomic mass is 9.80. The molecule has 0 amide bonds. The molecule has 1 aromatic carbocycles. The summed E-state index contributed by atoms with van der Waals surface area (Å²) in [6, 6.07) is 7.63. The van der Waals surface area contributed by atoms with Gasteiger partial charge in [-0.1, -0.05) is 23.7 Å². The van der Waals surface area contributed by atoms with Crippen molar-refractivity contribution in [2.75, 3.05) is 19.0 Å². The van der Waals surface area contributed by atoms with Crippen LogP contribution in [-0.4, -0.2) is 30.5 Å². The molecular weight excluding hydrogens is 250 g/mol. The minimum absolute atomic E-state index is 0.0953. The van der Waals surface area contributed by atoms with Crippen molar-refractivity contribution >= 4 is 17.3 Å². The summed E-state index contributed by atoms with van der Waals surface area (Å²) < 4.78 is 5.43. The number of anilines is 1. The van der Waals surface area contributed by atoms with Gasteiger partial charge in [0.2, 0.25) is 0 Å². The molecule has 3 nitrogen and oxygen atoms in total. The van der Waals surface area contributed by atoms with Gasteiger partial charge < -0.3 is 15.2 Å². The lowest BCUT2D eigenvalue weighted by molar-refractivity contribution is 0.0307. The fraction of sp³-hybridized carbons (Fsp3) is 0.571. The van der Waals surface area contributed by atoms with Crippen molar-refractivity contribution in [1.29, 1.82) is 0 Å². The molecule has 1 aromatic rings. The van der Waals surface area contributed by atoms with E-state index in [1.54, 1.807) is 7.11 Å². The van der Waals surface area contributed by atoms with Gasteiger partial charge in [-0.3, -0.25) is 0 Å². The van der Waals surface area contributed by atoms with Crippen molar-refractivity contribution in [3.05, 3.63) is 29.3 Å². The zero-order valence-electron chi connectivity index (χ0n) is 10.7. The Hall–Kier alpha value is -0.770. The molecule has 0 bridgehead atoms. The Kier molecular flexibility index (Phi) is 4.49. The first-order valence-electron chi connectivity index (χ1n) is 6.35. The van der Waals surface area contributed by atoms with E-state index in [0.717, 1.165) is 31.4 Å². The zero-order valence-corrected chi connectivity index (χ0v) is 11.4. The van der Waals surface area contributed by atoms with Crippen LogP contribution in [0.4, 0.5) is 5.69 Å². The van der Waals surface area contributed by atoms with E-state index in [1.807, 2.05) is 24.3 Å². The highest BCUT2D eigenvalue weighted by atomic mass is 35.5. The topological polar surface area (TPSA) is 41.5 Å². The minimum atomic E-state index is -0.316. The van der Waals surface area contributed by atoms with E-state index < -0.39 is 0 Å². The number of halogens is 1. The zero-order chi connectivity index (χ0) is 13.0. The van der Waals surface area contributed by atoms with Crippen LogP contribution in [0.15, 0.2) is 24.3 Å². The van der Waals surface area contributed by atoms with Crippen molar-refractivity contribution < 1.29 is 9.84 Å². The molecule has 18 heavy (non-hydrogen) atoms. The van der Waals surface area contributed by atoms with Crippen LogP contribution in [0.25, 0.3) is 0 Å². The summed E-state index contributed by atoms with van der Waals surface area (Å²) >= 11 is 6.16. The van der Waals surface area contributed by atoms with Gasteiger partial charge in [0.1, 0.15) is 0 Å². The highest BCUT2D eigenvalue weighted by Crippen LogP contribution is 2.34. The molecule has 2 atom stereocenters. The predicted octanol–water partition coefficient (Wildman–Crippen LogP) is 3.07. The Balaban J connectivity index is 2.15. The molecular formula is C14H20ClNO2. The van der Waals surface area contributed by atoms with E-state index in [1.165, 1.54) is 0 Å². The number of para-hydroxylation sites is 1. The third-order valence-corrected chi connectivity index (χ3v) is 4.04. The highest BCUT2D eigenvalue weighted by molar-refractivity contribution is 6.33. The van der Waals surface area contributed by atoms with Crippen LogP contribution in [0.3, 0.4) is 0 Å². The Morgan fingerprint density at radius 3 is 2.94 bits per heavy atom. The average Bonchev–Trinajstić information content (AvgIpc) is 2.42. The molecule has 100 valence electrons. The lowest BCUT2D eigenvalue weighted by Gasteiger charge is -2.40. The number of hydrogen-bond donors (Lipinski definition) is 2. The second kappa shape index (κ2) is 5.91. The number of aliphatic hydroxyl groups is 1. The molecule has 1 saturated carbocycles. The van der Waals surface area contributed by atoms with Crippen molar-refractivity contribution in [2.45, 2.75) is 37.3 Å². The largest absolute Gasteiger partial charge is 0.394 e. The number of ether oxygens (including phenoxy) is 1. The minimum Gasteiger partial charge on any atom is -0.394 e. The summed E-state index contributed by atoms with van der Waals surface area (Å²) in [5, 5.41) is 13.8. The van der Waals surface area contributed by atoms with Crippen molar-refractivity contribution in [3.8, 4) is 0 Å². The third-order valence-electron chi connectivity index (χ3n) is 3.71. The second-order valence-electron chi connectivity index (χ2n) is 5.00. The Morgan fingerprint density at radius 1 is 1.50 bits per heavy atom. The normalized spacial score (nSPS) is 28.1. The SMILES string of the molecule is COC1CCCC(CO)(Nc2ccccc2Cl)C1. The maximum absolute atomic E-state index is 9.75. The number of hydrogen-bond acceptors (Lipinski definition) is 3. The molecule has 2 N–H and O–H groups in total. The molecule has 0 saturated heterocycles. The van der Waals surface area contributed by atoms with E-state index in [9.17, 15) is 5.11 Å². The second-order valence-corrected chi connectivity index (χ2v) is 5.40. The van der Waals surface area contributed by atoms with Crippen LogP contribution < -0.4 is 5.32 Å². The fourth-order valence-corrected chi connectivity index (χ4v) is 2.84. The average molecular weight is 270 g/mol. The predicted molar refractivity (Wildman–Crippen MR) is 74.2 cm³/mol. The molecule has 4 heteroatoms. The standard InChI is InChI=1S/C14H20ClNO2/c1-18-11-5-4-8-14(9-11,10-17)16-13-7-3-2-6-12(13)15/h2-3,6-7,11,16-17H,4-5,8-10H2,1H3. The smallest absolute Gasteiger partial charge is 0.0662 e. The number of aliphatic hydroxyl groups excluding tert-OH is 1. The molecule has 0 aliphatic heterocycles. The molecule has 0 radical (unpaired) electrons. The molecule has 0 spiro atoms. The van der Waals surface area contributed by atoms with E-state index in [2.05, 4.69) is 5.32 Å². The molecule has 2 rings (SSSR count). The summed E-state index contributed by atoms with van der Waals surface area (Å²) in [6.45, 7) is 0.0953. The highest BCUT2D eigenvalue weighted by Gasteiger charge is 2.36. The van der Waals surface area contributed by atoms with Gasteiger partial charge in [-0.25, -0.2) is 0 Å². The van der Waals surface area contributed by atoms with E-state index in [-0.39, 0.29) is 18.2 Å². The first kappa shape index (κ1) is 13.7. The monoisotopic (exact) mass is 269 g/mol. The van der Waals surface area contributed by atoms with Crippen LogP contribution in [0.5, 0.6) is 0 Å².